The lowest BCUT2D eigenvalue weighted by molar-refractivity contribution is -0.141. The molecule has 1 N–H and O–H groups in total. The zero-order valence-corrected chi connectivity index (χ0v) is 23.6. The van der Waals surface area contributed by atoms with Gasteiger partial charge in [0, 0.05) is 37.3 Å². The Balaban J connectivity index is 1.29. The summed E-state index contributed by atoms with van der Waals surface area (Å²) in [6.45, 7) is 2.26. The number of fused-ring (bicyclic) bond motifs is 1. The minimum absolute atomic E-state index is 0.0558. The van der Waals surface area contributed by atoms with Crippen LogP contribution < -0.4 is 11.0 Å². The first-order valence-electron chi connectivity index (χ1n) is 13.8. The van der Waals surface area contributed by atoms with E-state index in [0.717, 1.165) is 23.3 Å². The predicted molar refractivity (Wildman–Crippen MR) is 152 cm³/mol. The van der Waals surface area contributed by atoms with Crippen LogP contribution in [0.5, 0.6) is 0 Å². The number of aromatic nitrogens is 4. The molecule has 3 heterocycles. The number of nitrogens with one attached hydrogen (secondary N) is 1. The number of imidazole rings is 1. The van der Waals surface area contributed by atoms with E-state index in [2.05, 4.69) is 15.3 Å². The number of hydrogen-bond acceptors (Lipinski definition) is 5. The van der Waals surface area contributed by atoms with Gasteiger partial charge in [-0.2, -0.15) is 13.2 Å². The van der Waals surface area contributed by atoms with E-state index in [0.29, 0.717) is 50.0 Å². The molecule has 4 aromatic rings. The van der Waals surface area contributed by atoms with E-state index in [4.69, 9.17) is 11.6 Å². The van der Waals surface area contributed by atoms with Crippen molar-refractivity contribution in [1.29, 1.82) is 0 Å². The number of carbonyl (C=O) groups excluding carboxylic acids is 2. The Morgan fingerprint density at radius 2 is 1.74 bits per heavy atom. The van der Waals surface area contributed by atoms with Gasteiger partial charge in [-0.05, 0) is 61.9 Å². The number of amides is 1. The molecule has 8 nitrogen and oxygen atoms in total. The SMILES string of the molecule is CCC(=O)Cc1ccc(-n2c(=O)n(CC3CCC(NC(=O)c4cc(Cl)cnc4C(F)(F)F)CC3)c3ccccc32)cn1. The number of para-hydroxylation sites is 2. The summed E-state index contributed by atoms with van der Waals surface area (Å²) >= 11 is 5.82. The highest BCUT2D eigenvalue weighted by atomic mass is 35.5. The van der Waals surface area contributed by atoms with Gasteiger partial charge >= 0.3 is 11.9 Å². The summed E-state index contributed by atoms with van der Waals surface area (Å²) in [5, 5.41) is 2.65. The predicted octanol–water partition coefficient (Wildman–Crippen LogP) is 5.76. The number of pyridine rings is 2. The smallest absolute Gasteiger partial charge is 0.349 e. The van der Waals surface area contributed by atoms with Crippen molar-refractivity contribution < 1.29 is 22.8 Å². The molecule has 0 bridgehead atoms. The molecule has 1 amide bonds. The summed E-state index contributed by atoms with van der Waals surface area (Å²) in [5.41, 5.74) is 0.674. The zero-order chi connectivity index (χ0) is 30.0. The molecule has 0 aliphatic heterocycles. The molecule has 0 unspecified atom stereocenters. The highest BCUT2D eigenvalue weighted by molar-refractivity contribution is 6.30. The van der Waals surface area contributed by atoms with Crippen LogP contribution in [-0.2, 0) is 23.9 Å². The van der Waals surface area contributed by atoms with Gasteiger partial charge in [-0.15, -0.1) is 0 Å². The van der Waals surface area contributed by atoms with E-state index in [1.807, 2.05) is 24.3 Å². The molecule has 5 rings (SSSR count). The van der Waals surface area contributed by atoms with E-state index in [1.165, 1.54) is 0 Å². The molecule has 1 aliphatic carbocycles. The first-order valence-corrected chi connectivity index (χ1v) is 14.1. The Morgan fingerprint density at radius 3 is 2.38 bits per heavy atom. The Hall–Kier alpha value is -3.99. The van der Waals surface area contributed by atoms with Gasteiger partial charge in [0.25, 0.3) is 5.91 Å². The number of nitrogens with zero attached hydrogens (tertiary/aromatic N) is 4. The number of Topliss-reactive ketones (excluding diaryl/α,β-unsaturated/α-hetero) is 1. The van der Waals surface area contributed by atoms with Crippen LogP contribution in [0.25, 0.3) is 16.7 Å². The molecule has 3 aromatic heterocycles. The van der Waals surface area contributed by atoms with Gasteiger partial charge in [0.05, 0.1) is 33.5 Å². The number of alkyl halides is 3. The highest BCUT2D eigenvalue weighted by Crippen LogP contribution is 2.32. The third kappa shape index (κ3) is 6.25. The maximum atomic E-state index is 13.7. The largest absolute Gasteiger partial charge is 0.434 e. The first kappa shape index (κ1) is 29.5. The summed E-state index contributed by atoms with van der Waals surface area (Å²) in [4.78, 5) is 45.9. The third-order valence-electron chi connectivity index (χ3n) is 7.67. The van der Waals surface area contributed by atoms with Crippen LogP contribution in [0.4, 0.5) is 13.2 Å². The van der Waals surface area contributed by atoms with Crippen LogP contribution in [0.15, 0.2) is 59.7 Å². The summed E-state index contributed by atoms with van der Waals surface area (Å²) in [6, 6.07) is 11.7. The average Bonchev–Trinajstić information content (AvgIpc) is 3.24. The van der Waals surface area contributed by atoms with E-state index in [9.17, 15) is 27.6 Å². The summed E-state index contributed by atoms with van der Waals surface area (Å²) in [5.74, 6) is -0.640. The number of rotatable bonds is 8. The van der Waals surface area contributed by atoms with Gasteiger partial charge in [-0.3, -0.25) is 23.7 Å². The van der Waals surface area contributed by atoms with Crippen molar-refractivity contribution in [1.82, 2.24) is 24.4 Å². The normalized spacial score (nSPS) is 17.4. The average molecular weight is 600 g/mol. The fraction of sp³-hybridized carbons (Fsp3) is 0.367. The molecular formula is C30H29ClF3N5O3. The second-order valence-corrected chi connectivity index (χ2v) is 11.0. The Morgan fingerprint density at radius 1 is 1.02 bits per heavy atom. The molecule has 1 aliphatic rings. The topological polar surface area (TPSA) is 98.9 Å². The van der Waals surface area contributed by atoms with Crippen molar-refractivity contribution in [2.75, 3.05) is 0 Å². The Labute approximate surface area is 244 Å². The van der Waals surface area contributed by atoms with E-state index < -0.39 is 23.3 Å². The highest BCUT2D eigenvalue weighted by Gasteiger charge is 2.38. The van der Waals surface area contributed by atoms with Crippen LogP contribution in [0.2, 0.25) is 5.02 Å². The van der Waals surface area contributed by atoms with Gasteiger partial charge in [0.2, 0.25) is 0 Å². The molecule has 0 spiro atoms. The number of ketones is 1. The van der Waals surface area contributed by atoms with E-state index >= 15 is 0 Å². The van der Waals surface area contributed by atoms with E-state index in [1.54, 1.807) is 34.4 Å². The number of carbonyl (C=O) groups is 2. The Bertz CT molecular complexity index is 1670. The maximum Gasteiger partial charge on any atom is 0.434 e. The van der Waals surface area contributed by atoms with Crippen molar-refractivity contribution in [2.45, 2.75) is 64.2 Å². The van der Waals surface area contributed by atoms with Crippen LogP contribution in [0, 0.1) is 5.92 Å². The number of benzene rings is 1. The fourth-order valence-electron chi connectivity index (χ4n) is 5.46. The number of halogens is 4. The maximum absolute atomic E-state index is 13.7. The minimum Gasteiger partial charge on any atom is -0.349 e. The molecule has 42 heavy (non-hydrogen) atoms. The standard InChI is InChI=1S/C30H29ClF3N5O3/c1-2-23(40)14-21-11-12-22(16-35-21)39-26-6-4-3-5-25(26)38(29(39)42)17-18-7-9-20(10-8-18)37-28(41)24-13-19(31)15-36-27(24)30(32,33)34/h3-6,11-13,15-16,18,20H,2,7-10,14,17H2,1H3,(H,37,41). The van der Waals surface area contributed by atoms with Gasteiger partial charge in [-0.25, -0.2) is 9.78 Å². The summed E-state index contributed by atoms with van der Waals surface area (Å²) < 4.78 is 43.5. The van der Waals surface area contributed by atoms with Crippen molar-refractivity contribution in [2.24, 2.45) is 5.92 Å². The second kappa shape index (κ2) is 12.1. The van der Waals surface area contributed by atoms with Crippen molar-refractivity contribution in [3.8, 4) is 5.69 Å². The monoisotopic (exact) mass is 599 g/mol. The van der Waals surface area contributed by atoms with Gasteiger partial charge in [-0.1, -0.05) is 30.7 Å². The Kier molecular flexibility index (Phi) is 8.49. The molecular weight excluding hydrogens is 571 g/mol. The minimum atomic E-state index is -4.78. The third-order valence-corrected chi connectivity index (χ3v) is 7.87. The molecule has 12 heteroatoms. The van der Waals surface area contributed by atoms with Crippen molar-refractivity contribution in [3.63, 3.8) is 0 Å². The van der Waals surface area contributed by atoms with Gasteiger partial charge in [0.15, 0.2) is 5.69 Å². The summed E-state index contributed by atoms with van der Waals surface area (Å²) in [7, 11) is 0. The van der Waals surface area contributed by atoms with Crippen molar-refractivity contribution in [3.05, 3.63) is 87.3 Å². The van der Waals surface area contributed by atoms with Gasteiger partial charge < -0.3 is 5.32 Å². The molecule has 220 valence electrons. The lowest BCUT2D eigenvalue weighted by Crippen LogP contribution is -2.39. The van der Waals surface area contributed by atoms with Crippen LogP contribution in [0.3, 0.4) is 0 Å². The molecule has 0 atom stereocenters. The zero-order valence-electron chi connectivity index (χ0n) is 22.8. The van der Waals surface area contributed by atoms with E-state index in [-0.39, 0.29) is 34.9 Å². The molecule has 0 saturated heterocycles. The first-order chi connectivity index (χ1) is 20.0. The van der Waals surface area contributed by atoms with Gasteiger partial charge in [0.1, 0.15) is 5.78 Å². The number of hydrogen-bond donors (Lipinski definition) is 1. The van der Waals surface area contributed by atoms with Crippen LogP contribution in [-0.4, -0.2) is 36.8 Å². The lowest BCUT2D eigenvalue weighted by Gasteiger charge is -2.29. The molecule has 1 aromatic carbocycles. The lowest BCUT2D eigenvalue weighted by atomic mass is 9.85. The fourth-order valence-corrected chi connectivity index (χ4v) is 5.62. The van der Waals surface area contributed by atoms with Crippen LogP contribution in [0.1, 0.15) is 60.8 Å². The molecule has 1 fully saturated rings. The second-order valence-electron chi connectivity index (χ2n) is 10.5. The van der Waals surface area contributed by atoms with Crippen molar-refractivity contribution >= 4 is 34.3 Å². The van der Waals surface area contributed by atoms with Crippen LogP contribution >= 0.6 is 11.6 Å². The quantitative estimate of drug-likeness (QED) is 0.277. The molecule has 1 saturated carbocycles. The molecule has 0 radical (unpaired) electrons. The summed E-state index contributed by atoms with van der Waals surface area (Å²) in [6.07, 6.45) is 0.836.